The number of amides is 1. The van der Waals surface area contributed by atoms with Crippen LogP contribution < -0.4 is 10.1 Å². The molecule has 0 saturated heterocycles. The minimum Gasteiger partial charge on any atom is -0.482 e. The molecule has 4 rings (SSSR count). The smallest absolute Gasteiger partial charge is 0.263 e. The Morgan fingerprint density at radius 2 is 2.00 bits per heavy atom. The summed E-state index contributed by atoms with van der Waals surface area (Å²) >= 11 is 12.0. The van der Waals surface area contributed by atoms with Gasteiger partial charge in [-0.25, -0.2) is 4.98 Å². The van der Waals surface area contributed by atoms with Crippen molar-refractivity contribution >= 4 is 45.8 Å². The zero-order valence-corrected chi connectivity index (χ0v) is 18.7. The molecule has 0 spiro atoms. The van der Waals surface area contributed by atoms with Crippen LogP contribution in [-0.4, -0.2) is 27.3 Å². The van der Waals surface area contributed by atoms with Gasteiger partial charge in [0.2, 0.25) is 0 Å². The van der Waals surface area contributed by atoms with Crippen LogP contribution in [-0.2, 0) is 4.79 Å². The second-order valence-electron chi connectivity index (χ2n) is 7.11. The molecule has 2 aromatic carbocycles. The van der Waals surface area contributed by atoms with Crippen LogP contribution in [0.4, 0.5) is 5.82 Å². The van der Waals surface area contributed by atoms with Crippen LogP contribution in [0.25, 0.3) is 16.7 Å². The lowest BCUT2D eigenvalue weighted by molar-refractivity contribution is -0.118. The number of carbonyl (C=O) groups is 1. The summed E-state index contributed by atoms with van der Waals surface area (Å²) in [6, 6.07) is 14.6. The van der Waals surface area contributed by atoms with Gasteiger partial charge in [0.05, 0.1) is 16.7 Å². The first-order valence-corrected chi connectivity index (χ1v) is 10.4. The highest BCUT2D eigenvalue weighted by Crippen LogP contribution is 2.28. The molecule has 9 heteroatoms. The van der Waals surface area contributed by atoms with Crippen molar-refractivity contribution in [3.63, 3.8) is 0 Å². The fourth-order valence-electron chi connectivity index (χ4n) is 3.28. The van der Waals surface area contributed by atoms with E-state index in [1.165, 1.54) is 16.9 Å². The van der Waals surface area contributed by atoms with E-state index in [-0.39, 0.29) is 23.7 Å². The second-order valence-corrected chi connectivity index (χ2v) is 7.95. The van der Waals surface area contributed by atoms with Crippen molar-refractivity contribution in [2.45, 2.75) is 13.8 Å². The summed E-state index contributed by atoms with van der Waals surface area (Å²) in [7, 11) is 0. The molecular formula is C23H17Cl2N5O2. The van der Waals surface area contributed by atoms with Gasteiger partial charge in [0.15, 0.2) is 18.2 Å². The zero-order chi connectivity index (χ0) is 22.8. The molecule has 160 valence electrons. The number of rotatable bonds is 5. The number of anilines is 1. The predicted molar refractivity (Wildman–Crippen MR) is 124 cm³/mol. The van der Waals surface area contributed by atoms with Gasteiger partial charge < -0.3 is 10.1 Å². The number of nitrogens with zero attached hydrogens (tertiary/aromatic N) is 4. The van der Waals surface area contributed by atoms with E-state index in [1.54, 1.807) is 12.1 Å². The average molecular weight is 466 g/mol. The van der Waals surface area contributed by atoms with Crippen LogP contribution >= 0.6 is 23.2 Å². The number of carbonyl (C=O) groups excluding carboxylic acids is 1. The van der Waals surface area contributed by atoms with Crippen LogP contribution in [0.1, 0.15) is 16.7 Å². The Labute approximate surface area is 194 Å². The number of benzene rings is 2. The third-order valence-electron chi connectivity index (χ3n) is 4.85. The van der Waals surface area contributed by atoms with Gasteiger partial charge in [-0.3, -0.25) is 4.79 Å². The highest BCUT2D eigenvalue weighted by molar-refractivity contribution is 6.34. The first kappa shape index (κ1) is 21.6. The molecule has 0 aliphatic rings. The van der Waals surface area contributed by atoms with Crippen LogP contribution in [0.5, 0.6) is 5.75 Å². The Kier molecular flexibility index (Phi) is 5.99. The maximum Gasteiger partial charge on any atom is 0.263 e. The molecule has 0 radical (unpaired) electrons. The van der Waals surface area contributed by atoms with Crippen LogP contribution in [0.3, 0.4) is 0 Å². The molecule has 2 heterocycles. The molecule has 0 aliphatic carbocycles. The summed E-state index contributed by atoms with van der Waals surface area (Å²) in [4.78, 5) is 17.3. The van der Waals surface area contributed by atoms with Gasteiger partial charge in [0.1, 0.15) is 17.4 Å². The van der Waals surface area contributed by atoms with Crippen molar-refractivity contribution in [2.24, 2.45) is 0 Å². The maximum absolute atomic E-state index is 12.6. The fourth-order valence-corrected chi connectivity index (χ4v) is 3.61. The number of halogens is 2. The first-order chi connectivity index (χ1) is 15.4. The van der Waals surface area contributed by atoms with E-state index in [0.717, 1.165) is 22.0 Å². The summed E-state index contributed by atoms with van der Waals surface area (Å²) < 4.78 is 6.92. The zero-order valence-electron chi connectivity index (χ0n) is 17.2. The van der Waals surface area contributed by atoms with E-state index in [1.807, 2.05) is 44.2 Å². The van der Waals surface area contributed by atoms with Gasteiger partial charge >= 0.3 is 0 Å². The van der Waals surface area contributed by atoms with E-state index in [2.05, 4.69) is 10.4 Å². The van der Waals surface area contributed by atoms with Gasteiger partial charge in [-0.15, -0.1) is 0 Å². The summed E-state index contributed by atoms with van der Waals surface area (Å²) in [6.07, 6.45) is 1.38. The Hall–Kier alpha value is -3.60. The third kappa shape index (κ3) is 4.24. The largest absolute Gasteiger partial charge is 0.482 e. The highest BCUT2D eigenvalue weighted by atomic mass is 35.5. The van der Waals surface area contributed by atoms with Crippen LogP contribution in [0.2, 0.25) is 10.0 Å². The van der Waals surface area contributed by atoms with E-state index >= 15 is 0 Å². The Balaban J connectivity index is 1.64. The van der Waals surface area contributed by atoms with Crippen molar-refractivity contribution < 1.29 is 9.53 Å². The average Bonchev–Trinajstić information content (AvgIpc) is 3.17. The number of nitriles is 1. The summed E-state index contributed by atoms with van der Waals surface area (Å²) in [5.41, 5.74) is 3.03. The minimum atomic E-state index is -0.493. The molecular weight excluding hydrogens is 449 g/mol. The van der Waals surface area contributed by atoms with Crippen molar-refractivity contribution in [3.8, 4) is 17.6 Å². The predicted octanol–water partition coefficient (Wildman–Crippen LogP) is 5.23. The summed E-state index contributed by atoms with van der Waals surface area (Å²) in [5.74, 6) is 0.483. The molecule has 0 saturated carbocycles. The number of hydrogen-bond acceptors (Lipinski definition) is 5. The number of nitrogens with one attached hydrogen (secondary N) is 1. The van der Waals surface area contributed by atoms with Gasteiger partial charge in [-0.2, -0.15) is 15.0 Å². The molecule has 0 atom stereocenters. The van der Waals surface area contributed by atoms with Crippen LogP contribution in [0, 0.1) is 25.2 Å². The number of aromatic nitrogens is 3. The normalized spacial score (nSPS) is 10.7. The Morgan fingerprint density at radius 1 is 1.19 bits per heavy atom. The molecule has 0 bridgehead atoms. The Bertz CT molecular complexity index is 1390. The van der Waals surface area contributed by atoms with Gasteiger partial charge in [-0.05, 0) is 43.2 Å². The van der Waals surface area contributed by atoms with Crippen molar-refractivity contribution in [1.82, 2.24) is 14.8 Å². The number of hydrogen-bond donors (Lipinski definition) is 1. The second kappa shape index (κ2) is 8.87. The third-order valence-corrected chi connectivity index (χ3v) is 5.40. The molecule has 2 aromatic heterocycles. The molecule has 1 N–H and O–H groups in total. The monoisotopic (exact) mass is 465 g/mol. The lowest BCUT2D eigenvalue weighted by Crippen LogP contribution is -2.22. The number of pyridine rings is 1. The molecule has 1 amide bonds. The number of para-hydroxylation sites is 1. The van der Waals surface area contributed by atoms with E-state index in [0.29, 0.717) is 15.9 Å². The number of fused-ring (bicyclic) bond motifs is 1. The molecule has 7 nitrogen and oxygen atoms in total. The number of aryl methyl sites for hydroxylation is 2. The van der Waals surface area contributed by atoms with Gasteiger partial charge in [0.25, 0.3) is 5.91 Å². The molecule has 4 aromatic rings. The van der Waals surface area contributed by atoms with Crippen molar-refractivity contribution in [2.75, 3.05) is 11.9 Å². The quantitative estimate of drug-likeness (QED) is 0.435. The topological polar surface area (TPSA) is 92.8 Å². The van der Waals surface area contributed by atoms with E-state index < -0.39 is 5.91 Å². The molecule has 0 aliphatic heterocycles. The maximum atomic E-state index is 12.6. The molecule has 0 unspecified atom stereocenters. The van der Waals surface area contributed by atoms with Crippen molar-refractivity contribution in [1.29, 1.82) is 5.26 Å². The standard InChI is InChI=1S/C23H17Cl2N5O2/c1-13-4-3-5-17-14(2)8-20(28-22(13)17)30-23(15(10-26)11-27-30)29-21(31)12-32-19-9-16(24)6-7-18(19)25/h3-9,11H,12H2,1-2H3,(H,29,31). The van der Waals surface area contributed by atoms with Gasteiger partial charge in [-0.1, -0.05) is 41.4 Å². The van der Waals surface area contributed by atoms with E-state index in [4.69, 9.17) is 32.9 Å². The molecule has 0 fully saturated rings. The minimum absolute atomic E-state index is 0.198. The van der Waals surface area contributed by atoms with Crippen LogP contribution in [0.15, 0.2) is 48.7 Å². The lowest BCUT2D eigenvalue weighted by Gasteiger charge is -2.13. The van der Waals surface area contributed by atoms with Crippen molar-refractivity contribution in [3.05, 3.63) is 75.4 Å². The molecule has 32 heavy (non-hydrogen) atoms. The Morgan fingerprint density at radius 3 is 2.78 bits per heavy atom. The fraction of sp³-hybridized carbons (Fsp3) is 0.130. The lowest BCUT2D eigenvalue weighted by atomic mass is 10.1. The first-order valence-electron chi connectivity index (χ1n) is 9.60. The highest BCUT2D eigenvalue weighted by Gasteiger charge is 2.18. The summed E-state index contributed by atoms with van der Waals surface area (Å²) in [6.45, 7) is 3.62. The SMILES string of the molecule is Cc1cc(-n2ncc(C#N)c2NC(=O)COc2cc(Cl)ccc2Cl)nc2c(C)cccc12. The van der Waals surface area contributed by atoms with Gasteiger partial charge in [0, 0.05) is 16.5 Å². The summed E-state index contributed by atoms with van der Waals surface area (Å²) in [5, 5.41) is 18.3. The van der Waals surface area contributed by atoms with E-state index in [9.17, 15) is 10.1 Å². The number of ether oxygens (including phenoxy) is 1.